The van der Waals surface area contributed by atoms with Crippen LogP contribution < -0.4 is 0 Å². The molecular weight excluding hydrogens is 302 g/mol. The smallest absolute Gasteiger partial charge is 0.0629 e. The molecule has 1 aromatic rings. The molecule has 1 aliphatic heterocycles. The van der Waals surface area contributed by atoms with Crippen LogP contribution in [0.2, 0.25) is 0 Å². The summed E-state index contributed by atoms with van der Waals surface area (Å²) in [6.07, 6.45) is 2.66. The van der Waals surface area contributed by atoms with Gasteiger partial charge in [0.15, 0.2) is 0 Å². The zero-order valence-electron chi connectivity index (χ0n) is 11.5. The normalized spacial score (nSPS) is 23.6. The lowest BCUT2D eigenvalue weighted by Crippen LogP contribution is -2.36. The SMILES string of the molecule is CC1(C)CC(C(CC#N)c2ccc(Br)cc2)CCO1. The predicted octanol–water partition coefficient (Wildman–Crippen LogP) is 4.65. The zero-order valence-corrected chi connectivity index (χ0v) is 13.1. The summed E-state index contributed by atoms with van der Waals surface area (Å²) in [6, 6.07) is 10.7. The van der Waals surface area contributed by atoms with E-state index in [9.17, 15) is 0 Å². The standard InChI is InChI=1S/C16H20BrNO/c1-16(2)11-13(8-10-19-16)15(7-9-18)12-3-5-14(17)6-4-12/h3-6,13,15H,7-8,10-11H2,1-2H3. The summed E-state index contributed by atoms with van der Waals surface area (Å²) in [5.74, 6) is 0.853. The van der Waals surface area contributed by atoms with Crippen LogP contribution in [0.1, 0.15) is 44.6 Å². The van der Waals surface area contributed by atoms with Gasteiger partial charge in [0.05, 0.1) is 11.7 Å². The molecule has 0 spiro atoms. The van der Waals surface area contributed by atoms with Gasteiger partial charge in [-0.2, -0.15) is 5.26 Å². The van der Waals surface area contributed by atoms with Gasteiger partial charge in [-0.3, -0.25) is 0 Å². The molecule has 19 heavy (non-hydrogen) atoms. The zero-order chi connectivity index (χ0) is 13.9. The molecule has 0 aliphatic carbocycles. The molecule has 0 amide bonds. The summed E-state index contributed by atoms with van der Waals surface area (Å²) < 4.78 is 6.87. The maximum Gasteiger partial charge on any atom is 0.0629 e. The Morgan fingerprint density at radius 3 is 2.68 bits per heavy atom. The molecule has 2 rings (SSSR count). The quantitative estimate of drug-likeness (QED) is 0.811. The second-order valence-corrected chi connectivity index (χ2v) is 6.80. The number of ether oxygens (including phenoxy) is 1. The van der Waals surface area contributed by atoms with E-state index in [1.54, 1.807) is 0 Å². The maximum atomic E-state index is 9.12. The Bertz CT molecular complexity index is 461. The molecule has 0 bridgehead atoms. The lowest BCUT2D eigenvalue weighted by atomic mass is 9.75. The van der Waals surface area contributed by atoms with Crippen molar-refractivity contribution in [2.24, 2.45) is 5.92 Å². The van der Waals surface area contributed by atoms with E-state index in [0.29, 0.717) is 18.3 Å². The van der Waals surface area contributed by atoms with Crippen molar-refractivity contribution < 1.29 is 4.74 Å². The maximum absolute atomic E-state index is 9.12. The van der Waals surface area contributed by atoms with Gasteiger partial charge >= 0.3 is 0 Å². The van der Waals surface area contributed by atoms with Gasteiger partial charge in [0, 0.05) is 17.5 Å². The third-order valence-corrected chi connectivity index (χ3v) is 4.44. The first-order valence-corrected chi connectivity index (χ1v) is 7.57. The molecule has 1 saturated heterocycles. The fraction of sp³-hybridized carbons (Fsp3) is 0.562. The van der Waals surface area contributed by atoms with Gasteiger partial charge in [0.25, 0.3) is 0 Å². The van der Waals surface area contributed by atoms with E-state index < -0.39 is 0 Å². The summed E-state index contributed by atoms with van der Waals surface area (Å²) in [7, 11) is 0. The molecule has 3 heteroatoms. The molecule has 1 aromatic carbocycles. The molecule has 0 saturated carbocycles. The molecule has 0 aromatic heterocycles. The van der Waals surface area contributed by atoms with E-state index >= 15 is 0 Å². The highest BCUT2D eigenvalue weighted by atomic mass is 79.9. The Morgan fingerprint density at radius 1 is 1.42 bits per heavy atom. The first-order chi connectivity index (χ1) is 9.02. The monoisotopic (exact) mass is 321 g/mol. The van der Waals surface area contributed by atoms with Crippen LogP contribution in [0, 0.1) is 17.2 Å². The highest BCUT2D eigenvalue weighted by Crippen LogP contribution is 2.39. The minimum Gasteiger partial charge on any atom is -0.376 e. The molecule has 2 atom stereocenters. The fourth-order valence-corrected chi connectivity index (χ4v) is 3.25. The van der Waals surface area contributed by atoms with E-state index in [-0.39, 0.29) is 5.60 Å². The lowest BCUT2D eigenvalue weighted by molar-refractivity contribution is -0.0766. The third-order valence-electron chi connectivity index (χ3n) is 3.91. The number of nitrogens with zero attached hydrogens (tertiary/aromatic N) is 1. The molecule has 1 heterocycles. The Balaban J connectivity index is 2.20. The van der Waals surface area contributed by atoms with E-state index in [2.05, 4.69) is 60.1 Å². The number of hydrogen-bond acceptors (Lipinski definition) is 2. The van der Waals surface area contributed by atoms with E-state index in [0.717, 1.165) is 23.9 Å². The van der Waals surface area contributed by atoms with Crippen molar-refractivity contribution >= 4 is 15.9 Å². The van der Waals surface area contributed by atoms with Crippen molar-refractivity contribution in [1.29, 1.82) is 5.26 Å². The minimum absolute atomic E-state index is 0.0635. The van der Waals surface area contributed by atoms with E-state index in [4.69, 9.17) is 10.00 Å². The van der Waals surface area contributed by atoms with Crippen LogP contribution in [-0.2, 0) is 4.74 Å². The largest absolute Gasteiger partial charge is 0.376 e. The first-order valence-electron chi connectivity index (χ1n) is 6.78. The average molecular weight is 322 g/mol. The van der Waals surface area contributed by atoms with Gasteiger partial charge < -0.3 is 4.74 Å². The van der Waals surface area contributed by atoms with Crippen molar-refractivity contribution in [1.82, 2.24) is 0 Å². The predicted molar refractivity (Wildman–Crippen MR) is 79.9 cm³/mol. The summed E-state index contributed by atoms with van der Waals surface area (Å²) in [5.41, 5.74) is 1.21. The van der Waals surface area contributed by atoms with E-state index in [1.165, 1.54) is 5.56 Å². The van der Waals surface area contributed by atoms with Gasteiger partial charge in [-0.25, -0.2) is 0 Å². The van der Waals surface area contributed by atoms with Crippen LogP contribution >= 0.6 is 15.9 Å². The molecule has 1 aliphatic rings. The summed E-state index contributed by atoms with van der Waals surface area (Å²) >= 11 is 3.46. The Hall–Kier alpha value is -0.850. The van der Waals surface area contributed by atoms with Gasteiger partial charge in [-0.05, 0) is 56.2 Å². The van der Waals surface area contributed by atoms with Gasteiger partial charge in [-0.1, -0.05) is 28.1 Å². The van der Waals surface area contributed by atoms with Crippen molar-refractivity contribution in [3.05, 3.63) is 34.3 Å². The molecular formula is C16H20BrNO. The molecule has 0 N–H and O–H groups in total. The topological polar surface area (TPSA) is 33.0 Å². The number of hydrogen-bond donors (Lipinski definition) is 0. The van der Waals surface area contributed by atoms with Crippen molar-refractivity contribution in [3.8, 4) is 6.07 Å². The van der Waals surface area contributed by atoms with Crippen molar-refractivity contribution in [3.63, 3.8) is 0 Å². The highest BCUT2D eigenvalue weighted by Gasteiger charge is 2.33. The number of halogens is 1. The van der Waals surface area contributed by atoms with Crippen LogP contribution in [0.25, 0.3) is 0 Å². The van der Waals surface area contributed by atoms with Gasteiger partial charge in [0.2, 0.25) is 0 Å². The summed E-state index contributed by atoms with van der Waals surface area (Å²) in [6.45, 7) is 5.09. The van der Waals surface area contributed by atoms with Crippen LogP contribution in [0.15, 0.2) is 28.7 Å². The second-order valence-electron chi connectivity index (χ2n) is 5.88. The van der Waals surface area contributed by atoms with Crippen LogP contribution in [0.3, 0.4) is 0 Å². The molecule has 1 fully saturated rings. The van der Waals surface area contributed by atoms with Gasteiger partial charge in [-0.15, -0.1) is 0 Å². The first kappa shape index (κ1) is 14.6. The highest BCUT2D eigenvalue weighted by molar-refractivity contribution is 9.10. The summed E-state index contributed by atoms with van der Waals surface area (Å²) in [4.78, 5) is 0. The fourth-order valence-electron chi connectivity index (χ4n) is 2.99. The second kappa shape index (κ2) is 6.07. The lowest BCUT2D eigenvalue weighted by Gasteiger charge is -2.39. The van der Waals surface area contributed by atoms with Crippen LogP contribution in [-0.4, -0.2) is 12.2 Å². The third kappa shape index (κ3) is 3.81. The number of rotatable bonds is 3. The van der Waals surface area contributed by atoms with Crippen molar-refractivity contribution in [2.75, 3.05) is 6.61 Å². The van der Waals surface area contributed by atoms with E-state index in [1.807, 2.05) is 0 Å². The molecule has 0 radical (unpaired) electrons. The Kier molecular flexibility index (Phi) is 4.65. The van der Waals surface area contributed by atoms with Gasteiger partial charge in [0.1, 0.15) is 0 Å². The molecule has 2 nitrogen and oxygen atoms in total. The molecule has 102 valence electrons. The van der Waals surface area contributed by atoms with Crippen molar-refractivity contribution in [2.45, 2.75) is 44.6 Å². The Morgan fingerprint density at radius 2 is 2.11 bits per heavy atom. The van der Waals surface area contributed by atoms with Crippen LogP contribution in [0.5, 0.6) is 0 Å². The Labute approximate surface area is 123 Å². The minimum atomic E-state index is -0.0635. The number of nitriles is 1. The summed E-state index contributed by atoms with van der Waals surface area (Å²) in [5, 5.41) is 9.12. The molecule has 2 unspecified atom stereocenters. The average Bonchev–Trinajstić information content (AvgIpc) is 2.36. The number of benzene rings is 1. The van der Waals surface area contributed by atoms with Crippen LogP contribution in [0.4, 0.5) is 0 Å².